The van der Waals surface area contributed by atoms with E-state index in [-0.39, 0.29) is 24.8 Å². The first-order valence-corrected chi connectivity index (χ1v) is 10.6. The lowest BCUT2D eigenvalue weighted by atomic mass is 10.0. The van der Waals surface area contributed by atoms with Crippen molar-refractivity contribution < 1.29 is 19.4 Å². The summed E-state index contributed by atoms with van der Waals surface area (Å²) in [6, 6.07) is 17.2. The lowest BCUT2D eigenvalue weighted by molar-refractivity contribution is -0.137. The number of benzene rings is 2. The smallest absolute Gasteiger partial charge is 0.303 e. The van der Waals surface area contributed by atoms with Gasteiger partial charge in [0.25, 0.3) is 0 Å². The maximum atomic E-state index is 10.6. The number of hydrogen-bond donors (Lipinski definition) is 3. The van der Waals surface area contributed by atoms with Gasteiger partial charge in [-0.15, -0.1) is 12.4 Å². The molecule has 33 heavy (non-hydrogen) atoms. The van der Waals surface area contributed by atoms with Gasteiger partial charge in [0, 0.05) is 18.1 Å². The van der Waals surface area contributed by atoms with Gasteiger partial charge in [-0.05, 0) is 43.4 Å². The van der Waals surface area contributed by atoms with E-state index in [0.717, 1.165) is 29.7 Å². The van der Waals surface area contributed by atoms with Crippen LogP contribution >= 0.6 is 12.4 Å². The van der Waals surface area contributed by atoms with E-state index in [9.17, 15) is 4.79 Å². The fraction of sp³-hybridized carbons (Fsp3) is 0.292. The Bertz CT molecular complexity index is 1030. The third kappa shape index (κ3) is 8.16. The van der Waals surface area contributed by atoms with Crippen molar-refractivity contribution >= 4 is 30.1 Å². The summed E-state index contributed by atoms with van der Waals surface area (Å²) < 4.78 is 11.4. The molecule has 176 valence electrons. The Labute approximate surface area is 199 Å². The van der Waals surface area contributed by atoms with Crippen molar-refractivity contribution in [2.45, 2.75) is 32.1 Å². The molecule has 5 N–H and O–H groups in total. The van der Waals surface area contributed by atoms with Crippen molar-refractivity contribution in [3.63, 3.8) is 0 Å². The molecule has 3 aromatic rings. The average molecular weight is 473 g/mol. The summed E-state index contributed by atoms with van der Waals surface area (Å²) in [5.41, 5.74) is 14.6. The molecule has 0 atom stereocenters. The lowest BCUT2D eigenvalue weighted by Gasteiger charge is -2.12. The second-order valence-electron chi connectivity index (χ2n) is 7.28. The fourth-order valence-corrected chi connectivity index (χ4v) is 3.30. The molecule has 0 unspecified atom stereocenters. The minimum absolute atomic E-state index is 0. The molecule has 3 rings (SSSR count). The second-order valence-corrected chi connectivity index (χ2v) is 7.28. The number of carboxylic acids is 1. The number of ether oxygens (including phenoxy) is 2. The summed E-state index contributed by atoms with van der Waals surface area (Å²) in [6.45, 7) is 0.893. The van der Waals surface area contributed by atoms with E-state index in [1.807, 2.05) is 48.5 Å². The zero-order valence-corrected chi connectivity index (χ0v) is 19.1. The molecule has 0 aliphatic rings. The number of carboxylic acid groups (broad SMARTS) is 1. The summed E-state index contributed by atoms with van der Waals surface area (Å²) in [6.07, 6.45) is 2.93. The Morgan fingerprint density at radius 3 is 2.21 bits per heavy atom. The Morgan fingerprint density at radius 2 is 1.55 bits per heavy atom. The van der Waals surface area contributed by atoms with Gasteiger partial charge in [-0.2, -0.15) is 4.98 Å². The number of nitrogen functional groups attached to an aromatic ring is 2. The molecule has 0 radical (unpaired) electrons. The first-order valence-electron chi connectivity index (χ1n) is 10.6. The van der Waals surface area contributed by atoms with Gasteiger partial charge in [0.05, 0.1) is 18.9 Å². The Morgan fingerprint density at radius 1 is 0.879 bits per heavy atom. The van der Waals surface area contributed by atoms with E-state index in [4.69, 9.17) is 26.0 Å². The number of hydrogen-bond acceptors (Lipinski definition) is 7. The topological polar surface area (TPSA) is 134 Å². The molecule has 0 aliphatic heterocycles. The second kappa shape index (κ2) is 13.1. The van der Waals surface area contributed by atoms with Crippen LogP contribution in [0.1, 0.15) is 31.4 Å². The highest BCUT2D eigenvalue weighted by Gasteiger charge is 2.13. The maximum Gasteiger partial charge on any atom is 0.303 e. The molecule has 8 nitrogen and oxygen atoms in total. The summed E-state index contributed by atoms with van der Waals surface area (Å²) >= 11 is 0. The van der Waals surface area contributed by atoms with E-state index >= 15 is 0 Å². The van der Waals surface area contributed by atoms with Crippen molar-refractivity contribution in [2.24, 2.45) is 0 Å². The Balaban J connectivity index is 0.00000385. The standard InChI is InChI=1S/C24H28N4O4.ClH/c25-23-22(17-8-2-1-3-9-17)20(27-24(26)28-23)12-4-5-14-31-18-10-6-11-19(16-18)32-15-7-13-21(29)30;/h1-3,6,8-11,16H,4-5,7,12-15H2,(H,29,30)(H4,25,26,27,28);1H. The highest BCUT2D eigenvalue weighted by molar-refractivity contribution is 5.85. The zero-order chi connectivity index (χ0) is 22.8. The van der Waals surface area contributed by atoms with Crippen LogP contribution in [-0.4, -0.2) is 34.3 Å². The molecule has 0 amide bonds. The molecule has 0 bridgehead atoms. The van der Waals surface area contributed by atoms with Gasteiger partial charge in [-0.3, -0.25) is 4.79 Å². The quantitative estimate of drug-likeness (QED) is 0.331. The molecule has 1 aromatic heterocycles. The molecule has 0 spiro atoms. The third-order valence-corrected chi connectivity index (χ3v) is 4.78. The van der Waals surface area contributed by atoms with Crippen LogP contribution in [0, 0.1) is 0 Å². The molecule has 1 heterocycles. The van der Waals surface area contributed by atoms with Crippen molar-refractivity contribution in [1.29, 1.82) is 0 Å². The molecule has 0 saturated carbocycles. The molecular weight excluding hydrogens is 444 g/mol. The van der Waals surface area contributed by atoms with Gasteiger partial charge in [0.15, 0.2) is 0 Å². The fourth-order valence-electron chi connectivity index (χ4n) is 3.30. The number of carbonyl (C=O) groups is 1. The summed E-state index contributed by atoms with van der Waals surface area (Å²) in [4.78, 5) is 19.1. The number of rotatable bonds is 12. The molecule has 0 aliphatic carbocycles. The zero-order valence-electron chi connectivity index (χ0n) is 18.3. The van der Waals surface area contributed by atoms with E-state index < -0.39 is 5.97 Å². The highest BCUT2D eigenvalue weighted by atomic mass is 35.5. The van der Waals surface area contributed by atoms with Gasteiger partial charge in [-0.25, -0.2) is 4.98 Å². The average Bonchev–Trinajstić information content (AvgIpc) is 2.77. The van der Waals surface area contributed by atoms with Gasteiger partial charge in [0.2, 0.25) is 5.95 Å². The van der Waals surface area contributed by atoms with Gasteiger partial charge < -0.3 is 26.0 Å². The third-order valence-electron chi connectivity index (χ3n) is 4.78. The van der Waals surface area contributed by atoms with Gasteiger partial charge in [-0.1, -0.05) is 36.4 Å². The van der Waals surface area contributed by atoms with Crippen LogP contribution in [0.15, 0.2) is 54.6 Å². The SMILES string of the molecule is Cl.Nc1nc(N)c(-c2ccccc2)c(CCCCOc2cccc(OCCCC(=O)O)c2)n1. The Hall–Kier alpha value is -3.52. The van der Waals surface area contributed by atoms with Crippen LogP contribution in [0.3, 0.4) is 0 Å². The normalized spacial score (nSPS) is 10.3. The minimum atomic E-state index is -0.825. The Kier molecular flexibility index (Phi) is 10.2. The maximum absolute atomic E-state index is 10.6. The van der Waals surface area contributed by atoms with Crippen molar-refractivity contribution in [3.05, 3.63) is 60.3 Å². The summed E-state index contributed by atoms with van der Waals surface area (Å²) in [5.74, 6) is 1.10. The van der Waals surface area contributed by atoms with Crippen LogP contribution in [-0.2, 0) is 11.2 Å². The lowest BCUT2D eigenvalue weighted by Crippen LogP contribution is -2.07. The van der Waals surface area contributed by atoms with Crippen LogP contribution in [0.4, 0.5) is 11.8 Å². The summed E-state index contributed by atoms with van der Waals surface area (Å²) in [5, 5.41) is 8.67. The molecule has 0 fully saturated rings. The first-order chi connectivity index (χ1) is 15.5. The number of nitrogens with zero attached hydrogens (tertiary/aromatic N) is 2. The molecule has 9 heteroatoms. The van der Waals surface area contributed by atoms with E-state index in [2.05, 4.69) is 9.97 Å². The van der Waals surface area contributed by atoms with Gasteiger partial charge >= 0.3 is 5.97 Å². The van der Waals surface area contributed by atoms with E-state index in [1.54, 1.807) is 6.07 Å². The number of unbranched alkanes of at least 4 members (excludes halogenated alkanes) is 1. The minimum Gasteiger partial charge on any atom is -0.493 e. The molecule has 0 saturated heterocycles. The largest absolute Gasteiger partial charge is 0.493 e. The van der Waals surface area contributed by atoms with Crippen LogP contribution in [0.25, 0.3) is 11.1 Å². The number of aromatic nitrogens is 2. The first kappa shape index (κ1) is 25.7. The predicted molar refractivity (Wildman–Crippen MR) is 131 cm³/mol. The highest BCUT2D eigenvalue weighted by Crippen LogP contribution is 2.29. The molecule has 2 aromatic carbocycles. The monoisotopic (exact) mass is 472 g/mol. The van der Waals surface area contributed by atoms with E-state index in [1.165, 1.54) is 0 Å². The van der Waals surface area contributed by atoms with E-state index in [0.29, 0.717) is 43.4 Å². The van der Waals surface area contributed by atoms with Crippen LogP contribution in [0.2, 0.25) is 0 Å². The predicted octanol–water partition coefficient (Wildman–Crippen LogP) is 4.38. The molecular formula is C24H29ClN4O4. The number of aryl methyl sites for hydroxylation is 1. The van der Waals surface area contributed by atoms with Gasteiger partial charge in [0.1, 0.15) is 17.3 Å². The number of nitrogens with two attached hydrogens (primary N) is 2. The summed E-state index contributed by atoms with van der Waals surface area (Å²) in [7, 11) is 0. The van der Waals surface area contributed by atoms with Crippen molar-refractivity contribution in [2.75, 3.05) is 24.7 Å². The van der Waals surface area contributed by atoms with Crippen LogP contribution < -0.4 is 20.9 Å². The van der Waals surface area contributed by atoms with Crippen molar-refractivity contribution in [1.82, 2.24) is 9.97 Å². The van der Waals surface area contributed by atoms with Crippen LogP contribution in [0.5, 0.6) is 11.5 Å². The number of halogens is 1. The number of anilines is 2. The van der Waals surface area contributed by atoms with Crippen molar-refractivity contribution in [3.8, 4) is 22.6 Å². The number of aliphatic carboxylic acids is 1.